The molecule has 0 aliphatic carbocycles. The average molecular weight is 403 g/mol. The van der Waals surface area contributed by atoms with E-state index in [9.17, 15) is 4.79 Å². The molecule has 0 bridgehead atoms. The number of hydrogen-bond donors (Lipinski definition) is 1. The molecule has 1 fully saturated rings. The minimum Gasteiger partial charge on any atom is -0.492 e. The highest BCUT2D eigenvalue weighted by atomic mass is 16.5. The molecule has 1 heterocycles. The summed E-state index contributed by atoms with van der Waals surface area (Å²) < 4.78 is 5.82. The average Bonchev–Trinajstić information content (AvgIpc) is 2.78. The first-order valence-corrected chi connectivity index (χ1v) is 10.9. The summed E-state index contributed by atoms with van der Waals surface area (Å²) >= 11 is 0. The Bertz CT molecular complexity index is 993. The molecule has 1 aliphatic heterocycles. The van der Waals surface area contributed by atoms with Gasteiger partial charge in [0.25, 0.3) is 0 Å². The van der Waals surface area contributed by atoms with Crippen LogP contribution in [-0.4, -0.2) is 37.0 Å². The van der Waals surface area contributed by atoms with E-state index in [0.717, 1.165) is 43.6 Å². The topological polar surface area (TPSA) is 41.6 Å². The van der Waals surface area contributed by atoms with Crippen LogP contribution in [0.15, 0.2) is 66.7 Å². The first-order valence-electron chi connectivity index (χ1n) is 10.9. The van der Waals surface area contributed by atoms with E-state index >= 15 is 0 Å². The largest absolute Gasteiger partial charge is 0.492 e. The number of rotatable bonds is 7. The highest BCUT2D eigenvalue weighted by Crippen LogP contribution is 2.21. The van der Waals surface area contributed by atoms with Crippen LogP contribution in [0.3, 0.4) is 0 Å². The van der Waals surface area contributed by atoms with Crippen molar-refractivity contribution in [1.29, 1.82) is 0 Å². The molecular formula is C26H30N2O2. The Balaban J connectivity index is 1.17. The first kappa shape index (κ1) is 20.4. The van der Waals surface area contributed by atoms with E-state index in [1.54, 1.807) is 0 Å². The quantitative estimate of drug-likeness (QED) is 0.589. The fourth-order valence-electron chi connectivity index (χ4n) is 4.13. The fourth-order valence-corrected chi connectivity index (χ4v) is 4.13. The van der Waals surface area contributed by atoms with Crippen molar-refractivity contribution in [2.75, 3.05) is 26.2 Å². The summed E-state index contributed by atoms with van der Waals surface area (Å²) in [5.41, 5.74) is 2.72. The van der Waals surface area contributed by atoms with E-state index < -0.39 is 0 Å². The van der Waals surface area contributed by atoms with Gasteiger partial charge in [-0.05, 0) is 66.9 Å². The smallest absolute Gasteiger partial charge is 0.223 e. The highest BCUT2D eigenvalue weighted by molar-refractivity contribution is 5.83. The molecule has 3 aromatic rings. The zero-order valence-corrected chi connectivity index (χ0v) is 17.6. The first-order chi connectivity index (χ1) is 14.7. The number of likely N-dealkylation sites (tertiary alicyclic amines) is 1. The van der Waals surface area contributed by atoms with Crippen molar-refractivity contribution in [2.24, 2.45) is 5.92 Å². The molecule has 0 atom stereocenters. The van der Waals surface area contributed by atoms with Gasteiger partial charge in [0.15, 0.2) is 0 Å². The molecule has 0 aromatic heterocycles. The van der Waals surface area contributed by atoms with Crippen molar-refractivity contribution >= 4 is 16.7 Å². The SMILES string of the molecule is Cc1ccccc1CN1CCC(C(=O)NCCOc2ccc3ccccc3c2)CC1. The summed E-state index contributed by atoms with van der Waals surface area (Å²) in [5, 5.41) is 5.42. The molecule has 0 unspecified atom stereocenters. The number of nitrogens with one attached hydrogen (secondary N) is 1. The monoisotopic (exact) mass is 402 g/mol. The Morgan fingerprint density at radius 3 is 2.53 bits per heavy atom. The molecule has 3 aromatic carbocycles. The molecule has 4 rings (SSSR count). The molecule has 4 nitrogen and oxygen atoms in total. The molecular weight excluding hydrogens is 372 g/mol. The number of hydrogen-bond acceptors (Lipinski definition) is 3. The number of nitrogens with zero attached hydrogens (tertiary/aromatic N) is 1. The van der Waals surface area contributed by atoms with Gasteiger partial charge in [-0.25, -0.2) is 0 Å². The number of carbonyl (C=O) groups excluding carboxylic acids is 1. The van der Waals surface area contributed by atoms with Crippen LogP contribution in [0.1, 0.15) is 24.0 Å². The van der Waals surface area contributed by atoms with E-state index in [4.69, 9.17) is 4.74 Å². The normalized spacial score (nSPS) is 15.2. The van der Waals surface area contributed by atoms with Gasteiger partial charge < -0.3 is 10.1 Å². The van der Waals surface area contributed by atoms with Crippen molar-refractivity contribution in [3.05, 3.63) is 77.9 Å². The van der Waals surface area contributed by atoms with E-state index in [0.29, 0.717) is 13.2 Å². The van der Waals surface area contributed by atoms with Gasteiger partial charge in [0, 0.05) is 12.5 Å². The summed E-state index contributed by atoms with van der Waals surface area (Å²) in [6.07, 6.45) is 1.84. The predicted octanol–water partition coefficient (Wildman–Crippen LogP) is 4.56. The molecule has 0 saturated carbocycles. The number of aryl methyl sites for hydroxylation is 1. The number of benzene rings is 3. The number of amides is 1. The van der Waals surface area contributed by atoms with Crippen LogP contribution < -0.4 is 10.1 Å². The lowest BCUT2D eigenvalue weighted by Crippen LogP contribution is -2.41. The second-order valence-corrected chi connectivity index (χ2v) is 8.13. The number of carbonyl (C=O) groups is 1. The van der Waals surface area contributed by atoms with E-state index in [1.807, 2.05) is 24.3 Å². The summed E-state index contributed by atoms with van der Waals surface area (Å²) in [7, 11) is 0. The van der Waals surface area contributed by atoms with Crippen LogP contribution in [0.5, 0.6) is 5.75 Å². The summed E-state index contributed by atoms with van der Waals surface area (Å²) in [6, 6.07) is 22.9. The van der Waals surface area contributed by atoms with Gasteiger partial charge >= 0.3 is 0 Å². The Kier molecular flexibility index (Phi) is 6.65. The minimum absolute atomic E-state index is 0.110. The van der Waals surface area contributed by atoms with Gasteiger partial charge in [0.2, 0.25) is 5.91 Å². The number of ether oxygens (including phenoxy) is 1. The van der Waals surface area contributed by atoms with Crippen LogP contribution in [0.2, 0.25) is 0 Å². The standard InChI is InChI=1S/C26H30N2O2/c1-20-6-2-3-9-24(20)19-28-15-12-22(13-16-28)26(29)27-14-17-30-25-11-10-21-7-4-5-8-23(21)18-25/h2-11,18,22H,12-17,19H2,1H3,(H,27,29). The van der Waals surface area contributed by atoms with Gasteiger partial charge in [-0.3, -0.25) is 9.69 Å². The van der Waals surface area contributed by atoms with E-state index in [-0.39, 0.29) is 11.8 Å². The van der Waals surface area contributed by atoms with Gasteiger partial charge in [-0.15, -0.1) is 0 Å². The molecule has 1 N–H and O–H groups in total. The zero-order chi connectivity index (χ0) is 20.8. The van der Waals surface area contributed by atoms with Crippen molar-refractivity contribution in [3.8, 4) is 5.75 Å². The van der Waals surface area contributed by atoms with Crippen LogP contribution >= 0.6 is 0 Å². The third-order valence-electron chi connectivity index (χ3n) is 6.00. The molecule has 1 aliphatic rings. The Labute approximate surface area is 178 Å². The number of fused-ring (bicyclic) bond motifs is 1. The molecule has 0 spiro atoms. The Morgan fingerprint density at radius 1 is 1.00 bits per heavy atom. The van der Waals surface area contributed by atoms with Crippen molar-refractivity contribution in [3.63, 3.8) is 0 Å². The Morgan fingerprint density at radius 2 is 1.73 bits per heavy atom. The maximum Gasteiger partial charge on any atom is 0.223 e. The molecule has 0 radical (unpaired) electrons. The van der Waals surface area contributed by atoms with Gasteiger partial charge in [-0.2, -0.15) is 0 Å². The van der Waals surface area contributed by atoms with Crippen molar-refractivity contribution < 1.29 is 9.53 Å². The van der Waals surface area contributed by atoms with Gasteiger partial charge in [0.05, 0.1) is 6.54 Å². The maximum atomic E-state index is 12.5. The van der Waals surface area contributed by atoms with Crippen LogP contribution in [-0.2, 0) is 11.3 Å². The van der Waals surface area contributed by atoms with Crippen LogP contribution in [0.25, 0.3) is 10.8 Å². The molecule has 1 amide bonds. The molecule has 156 valence electrons. The number of piperidine rings is 1. The van der Waals surface area contributed by atoms with E-state index in [1.165, 1.54) is 16.5 Å². The van der Waals surface area contributed by atoms with Crippen molar-refractivity contribution in [2.45, 2.75) is 26.3 Å². The second-order valence-electron chi connectivity index (χ2n) is 8.13. The van der Waals surface area contributed by atoms with Crippen LogP contribution in [0, 0.1) is 12.8 Å². The Hall–Kier alpha value is -2.85. The second kappa shape index (κ2) is 9.77. The minimum atomic E-state index is 0.110. The molecule has 30 heavy (non-hydrogen) atoms. The summed E-state index contributed by atoms with van der Waals surface area (Å²) in [5.74, 6) is 1.11. The molecule has 4 heteroatoms. The lowest BCUT2D eigenvalue weighted by molar-refractivity contribution is -0.126. The third-order valence-corrected chi connectivity index (χ3v) is 6.00. The zero-order valence-electron chi connectivity index (χ0n) is 17.6. The molecule has 1 saturated heterocycles. The summed E-state index contributed by atoms with van der Waals surface area (Å²) in [4.78, 5) is 15.0. The highest BCUT2D eigenvalue weighted by Gasteiger charge is 2.24. The van der Waals surface area contributed by atoms with Crippen molar-refractivity contribution in [1.82, 2.24) is 10.2 Å². The van der Waals surface area contributed by atoms with Gasteiger partial charge in [0.1, 0.15) is 12.4 Å². The third kappa shape index (κ3) is 5.19. The fraction of sp³-hybridized carbons (Fsp3) is 0.346. The van der Waals surface area contributed by atoms with Gasteiger partial charge in [-0.1, -0.05) is 54.6 Å². The lowest BCUT2D eigenvalue weighted by Gasteiger charge is -2.31. The lowest BCUT2D eigenvalue weighted by atomic mass is 9.95. The van der Waals surface area contributed by atoms with E-state index in [2.05, 4.69) is 59.6 Å². The predicted molar refractivity (Wildman–Crippen MR) is 122 cm³/mol. The summed E-state index contributed by atoms with van der Waals surface area (Å²) in [6.45, 7) is 6.10. The van der Waals surface area contributed by atoms with Crippen LogP contribution in [0.4, 0.5) is 0 Å². The maximum absolute atomic E-state index is 12.5.